The highest BCUT2D eigenvalue weighted by molar-refractivity contribution is 8.18. The largest absolute Gasteiger partial charge is 0.488 e. The van der Waals surface area contributed by atoms with Gasteiger partial charge in [0.2, 0.25) is 0 Å². The second-order valence-electron chi connectivity index (χ2n) is 6.97. The molecule has 32 heavy (non-hydrogen) atoms. The second kappa shape index (κ2) is 9.49. The van der Waals surface area contributed by atoms with Crippen LogP contribution in [0.1, 0.15) is 16.7 Å². The molecule has 3 aromatic carbocycles. The number of para-hydroxylation sites is 2. The zero-order chi connectivity index (χ0) is 22.5. The molecule has 2 amide bonds. The van der Waals surface area contributed by atoms with Gasteiger partial charge < -0.3 is 4.74 Å². The number of carbonyl (C=O) groups is 2. The van der Waals surface area contributed by atoms with Crippen LogP contribution < -0.4 is 4.74 Å². The van der Waals surface area contributed by atoms with Crippen LogP contribution in [0.2, 0.25) is 0 Å². The second-order valence-corrected chi connectivity index (χ2v) is 7.96. The Balaban J connectivity index is 1.54. The summed E-state index contributed by atoms with van der Waals surface area (Å²) in [4.78, 5) is 37.4. The standard InChI is InChI=1S/C24H18N2O5S/c27-23-22(32-24(28)25(23)15-19-11-4-6-12-20(19)26(29)30)14-18-10-5-7-13-21(18)31-16-17-8-2-1-3-9-17/h1-14H,15-16H2/b22-14+. The molecule has 8 heteroatoms. The van der Waals surface area contributed by atoms with Crippen LogP contribution in [-0.4, -0.2) is 21.0 Å². The molecule has 0 saturated carbocycles. The summed E-state index contributed by atoms with van der Waals surface area (Å²) in [7, 11) is 0. The zero-order valence-corrected chi connectivity index (χ0v) is 17.7. The topological polar surface area (TPSA) is 89.8 Å². The molecule has 0 unspecified atom stereocenters. The van der Waals surface area contributed by atoms with E-state index in [1.165, 1.54) is 12.1 Å². The first-order valence-electron chi connectivity index (χ1n) is 9.76. The molecule has 1 heterocycles. The molecule has 1 aliphatic rings. The maximum Gasteiger partial charge on any atom is 0.293 e. The number of carbonyl (C=O) groups excluding carboxylic acids is 2. The Bertz CT molecular complexity index is 1210. The monoisotopic (exact) mass is 446 g/mol. The number of nitrogens with zero attached hydrogens (tertiary/aromatic N) is 2. The van der Waals surface area contributed by atoms with Crippen LogP contribution in [0.4, 0.5) is 10.5 Å². The van der Waals surface area contributed by atoms with Gasteiger partial charge in [0.1, 0.15) is 12.4 Å². The third-order valence-corrected chi connectivity index (χ3v) is 5.74. The number of hydrogen-bond donors (Lipinski definition) is 0. The molecule has 1 saturated heterocycles. The lowest BCUT2D eigenvalue weighted by atomic mass is 10.1. The number of ether oxygens (including phenoxy) is 1. The van der Waals surface area contributed by atoms with Gasteiger partial charge in [0.25, 0.3) is 16.8 Å². The number of benzene rings is 3. The van der Waals surface area contributed by atoms with Crippen molar-refractivity contribution < 1.29 is 19.2 Å². The predicted octanol–water partition coefficient (Wildman–Crippen LogP) is 5.41. The maximum absolute atomic E-state index is 12.9. The minimum absolute atomic E-state index is 0.129. The Morgan fingerprint density at radius 2 is 1.62 bits per heavy atom. The van der Waals surface area contributed by atoms with E-state index < -0.39 is 16.1 Å². The number of nitro groups is 1. The summed E-state index contributed by atoms with van der Waals surface area (Å²) in [6.45, 7) is 0.205. The van der Waals surface area contributed by atoms with Crippen LogP contribution in [0.3, 0.4) is 0 Å². The molecule has 0 radical (unpaired) electrons. The number of hydrogen-bond acceptors (Lipinski definition) is 6. The van der Waals surface area contributed by atoms with Gasteiger partial charge in [-0.1, -0.05) is 66.7 Å². The van der Waals surface area contributed by atoms with Crippen molar-refractivity contribution in [2.24, 2.45) is 0 Å². The normalized spacial score (nSPS) is 14.8. The fourth-order valence-corrected chi connectivity index (χ4v) is 4.07. The number of amides is 2. The highest BCUT2D eigenvalue weighted by Crippen LogP contribution is 2.35. The van der Waals surface area contributed by atoms with E-state index in [1.807, 2.05) is 42.5 Å². The summed E-state index contributed by atoms with van der Waals surface area (Å²) in [6.07, 6.45) is 1.62. The van der Waals surface area contributed by atoms with Crippen molar-refractivity contribution in [3.05, 3.63) is 111 Å². The van der Waals surface area contributed by atoms with E-state index >= 15 is 0 Å². The summed E-state index contributed by atoms with van der Waals surface area (Å²) in [6, 6.07) is 23.0. The first-order chi connectivity index (χ1) is 15.5. The van der Waals surface area contributed by atoms with Crippen LogP contribution in [0, 0.1) is 10.1 Å². The SMILES string of the molecule is O=C1S/C(=C/c2ccccc2OCc2ccccc2)C(=O)N1Cc1ccccc1[N+](=O)[O-]. The highest BCUT2D eigenvalue weighted by atomic mass is 32.2. The Kier molecular flexibility index (Phi) is 6.32. The third kappa shape index (κ3) is 4.70. The van der Waals surface area contributed by atoms with Gasteiger partial charge in [0.05, 0.1) is 16.4 Å². The summed E-state index contributed by atoms with van der Waals surface area (Å²) in [5, 5.41) is 10.8. The molecular weight excluding hydrogens is 428 g/mol. The quantitative estimate of drug-likeness (QED) is 0.274. The summed E-state index contributed by atoms with van der Waals surface area (Å²) >= 11 is 0.806. The minimum Gasteiger partial charge on any atom is -0.488 e. The Morgan fingerprint density at radius 3 is 2.41 bits per heavy atom. The first kappa shape index (κ1) is 21.3. The first-order valence-corrected chi connectivity index (χ1v) is 10.6. The maximum atomic E-state index is 12.9. The Labute approximate surface area is 188 Å². The van der Waals surface area contributed by atoms with Crippen LogP contribution in [0.5, 0.6) is 5.75 Å². The molecule has 160 valence electrons. The van der Waals surface area contributed by atoms with E-state index in [1.54, 1.807) is 30.3 Å². The van der Waals surface area contributed by atoms with Gasteiger partial charge in [-0.25, -0.2) is 0 Å². The number of imide groups is 1. The Morgan fingerprint density at radius 1 is 0.938 bits per heavy atom. The van der Waals surface area contributed by atoms with Crippen molar-refractivity contribution in [1.82, 2.24) is 4.90 Å². The zero-order valence-electron chi connectivity index (χ0n) is 16.8. The summed E-state index contributed by atoms with van der Waals surface area (Å²) < 4.78 is 5.92. The Hall–Kier alpha value is -3.91. The van der Waals surface area contributed by atoms with Gasteiger partial charge >= 0.3 is 0 Å². The molecule has 1 aliphatic heterocycles. The average molecular weight is 446 g/mol. The van der Waals surface area contributed by atoms with Gasteiger partial charge in [-0.3, -0.25) is 24.6 Å². The molecule has 0 spiro atoms. The van der Waals surface area contributed by atoms with E-state index in [0.717, 1.165) is 22.2 Å². The van der Waals surface area contributed by atoms with Crippen molar-refractivity contribution in [2.45, 2.75) is 13.2 Å². The molecule has 0 bridgehead atoms. The van der Waals surface area contributed by atoms with E-state index in [2.05, 4.69) is 0 Å². The predicted molar refractivity (Wildman–Crippen MR) is 122 cm³/mol. The molecule has 0 atom stereocenters. The molecular formula is C24H18N2O5S. The van der Waals surface area contributed by atoms with E-state index in [0.29, 0.717) is 23.5 Å². The van der Waals surface area contributed by atoms with Crippen molar-refractivity contribution in [1.29, 1.82) is 0 Å². The highest BCUT2D eigenvalue weighted by Gasteiger charge is 2.36. The molecule has 0 N–H and O–H groups in total. The lowest BCUT2D eigenvalue weighted by molar-refractivity contribution is -0.385. The third-order valence-electron chi connectivity index (χ3n) is 4.83. The fourth-order valence-electron chi connectivity index (χ4n) is 3.24. The van der Waals surface area contributed by atoms with Gasteiger partial charge in [0, 0.05) is 17.2 Å². The van der Waals surface area contributed by atoms with Gasteiger partial charge in [-0.2, -0.15) is 0 Å². The van der Waals surface area contributed by atoms with Crippen molar-refractivity contribution >= 4 is 34.7 Å². The van der Waals surface area contributed by atoms with Gasteiger partial charge in [-0.15, -0.1) is 0 Å². The fraction of sp³-hybridized carbons (Fsp3) is 0.0833. The van der Waals surface area contributed by atoms with Crippen molar-refractivity contribution in [2.75, 3.05) is 0 Å². The van der Waals surface area contributed by atoms with E-state index in [-0.39, 0.29) is 17.1 Å². The van der Waals surface area contributed by atoms with Gasteiger partial charge in [-0.05, 0) is 29.5 Å². The molecule has 7 nitrogen and oxygen atoms in total. The minimum atomic E-state index is -0.523. The molecule has 1 fully saturated rings. The summed E-state index contributed by atoms with van der Waals surface area (Å²) in [5.74, 6) is 0.0952. The van der Waals surface area contributed by atoms with E-state index in [4.69, 9.17) is 4.74 Å². The van der Waals surface area contributed by atoms with Gasteiger partial charge in [0.15, 0.2) is 0 Å². The van der Waals surface area contributed by atoms with Crippen LogP contribution in [-0.2, 0) is 17.9 Å². The lowest BCUT2D eigenvalue weighted by Gasteiger charge is -2.12. The average Bonchev–Trinajstić information content (AvgIpc) is 3.07. The van der Waals surface area contributed by atoms with E-state index in [9.17, 15) is 19.7 Å². The molecule has 0 aromatic heterocycles. The molecule has 4 rings (SSSR count). The van der Waals surface area contributed by atoms with Crippen LogP contribution in [0.15, 0.2) is 83.8 Å². The number of nitro benzene ring substituents is 1. The number of rotatable bonds is 7. The number of thioether (sulfide) groups is 1. The molecule has 3 aromatic rings. The lowest BCUT2D eigenvalue weighted by Crippen LogP contribution is -2.27. The van der Waals surface area contributed by atoms with Crippen molar-refractivity contribution in [3.63, 3.8) is 0 Å². The summed E-state index contributed by atoms with van der Waals surface area (Å²) in [5.41, 5.74) is 1.84. The smallest absolute Gasteiger partial charge is 0.293 e. The van der Waals surface area contributed by atoms with Crippen LogP contribution >= 0.6 is 11.8 Å². The van der Waals surface area contributed by atoms with Crippen molar-refractivity contribution in [3.8, 4) is 5.75 Å². The molecule has 0 aliphatic carbocycles. The van der Waals surface area contributed by atoms with Crippen LogP contribution in [0.25, 0.3) is 6.08 Å².